The molecule has 3 aromatic carbocycles. The Morgan fingerprint density at radius 1 is 0.923 bits per heavy atom. The lowest BCUT2D eigenvalue weighted by molar-refractivity contribution is -0.682. The van der Waals surface area contributed by atoms with E-state index in [0.29, 0.717) is 18.7 Å². The fourth-order valence-electron chi connectivity index (χ4n) is 3.09. The van der Waals surface area contributed by atoms with E-state index in [4.69, 9.17) is 4.74 Å². The van der Waals surface area contributed by atoms with Crippen LogP contribution in [0.1, 0.15) is 16.7 Å². The van der Waals surface area contributed by atoms with Gasteiger partial charge in [-0.1, -0.05) is 54.6 Å². The van der Waals surface area contributed by atoms with E-state index in [0.717, 1.165) is 16.9 Å². The van der Waals surface area contributed by atoms with Gasteiger partial charge in [-0.25, -0.2) is 4.39 Å². The molecule has 4 heteroatoms. The highest BCUT2D eigenvalue weighted by molar-refractivity contribution is 5.36. The Morgan fingerprint density at radius 2 is 1.62 bits per heavy atom. The van der Waals surface area contributed by atoms with E-state index < -0.39 is 5.60 Å². The van der Waals surface area contributed by atoms with E-state index in [1.54, 1.807) is 19.2 Å². The van der Waals surface area contributed by atoms with Crippen LogP contribution >= 0.6 is 0 Å². The van der Waals surface area contributed by atoms with Gasteiger partial charge in [0, 0.05) is 5.56 Å². The van der Waals surface area contributed by atoms with Crippen LogP contribution in [0.25, 0.3) is 0 Å². The summed E-state index contributed by atoms with van der Waals surface area (Å²) in [4.78, 5) is 0. The van der Waals surface area contributed by atoms with Crippen molar-refractivity contribution in [2.45, 2.75) is 12.1 Å². The van der Waals surface area contributed by atoms with E-state index in [-0.39, 0.29) is 5.82 Å². The molecule has 1 atom stereocenters. The summed E-state index contributed by atoms with van der Waals surface area (Å²) in [6, 6.07) is 23.4. The Bertz CT molecular complexity index is 836. The fourth-order valence-corrected chi connectivity index (χ4v) is 3.09. The number of methoxy groups -OCH3 is 1. The monoisotopic (exact) mass is 352 g/mol. The van der Waals surface area contributed by atoms with Crippen LogP contribution in [-0.4, -0.2) is 18.8 Å². The van der Waals surface area contributed by atoms with Crippen LogP contribution in [-0.2, 0) is 12.1 Å². The lowest BCUT2D eigenvalue weighted by Crippen LogP contribution is -2.86. The van der Waals surface area contributed by atoms with Crippen molar-refractivity contribution < 1.29 is 19.6 Å². The van der Waals surface area contributed by atoms with Gasteiger partial charge in [0.2, 0.25) is 0 Å². The zero-order valence-corrected chi connectivity index (χ0v) is 14.7. The second-order valence-electron chi connectivity index (χ2n) is 6.28. The second kappa shape index (κ2) is 8.13. The summed E-state index contributed by atoms with van der Waals surface area (Å²) in [5, 5.41) is 13.5. The third kappa shape index (κ3) is 4.10. The van der Waals surface area contributed by atoms with Gasteiger partial charge < -0.3 is 15.2 Å². The minimum Gasteiger partial charge on any atom is -0.497 e. The predicted octanol–water partition coefficient (Wildman–Crippen LogP) is 2.83. The van der Waals surface area contributed by atoms with E-state index in [9.17, 15) is 9.50 Å². The number of benzene rings is 3. The molecule has 0 aliphatic carbocycles. The van der Waals surface area contributed by atoms with E-state index >= 15 is 0 Å². The van der Waals surface area contributed by atoms with Gasteiger partial charge in [0.1, 0.15) is 24.7 Å². The summed E-state index contributed by atoms with van der Waals surface area (Å²) in [5.41, 5.74) is 1.37. The third-order valence-electron chi connectivity index (χ3n) is 4.53. The van der Waals surface area contributed by atoms with Gasteiger partial charge in [0.15, 0.2) is 5.60 Å². The maximum absolute atomic E-state index is 13.3. The highest BCUT2D eigenvalue weighted by Crippen LogP contribution is 2.28. The highest BCUT2D eigenvalue weighted by atomic mass is 19.1. The Morgan fingerprint density at radius 3 is 2.31 bits per heavy atom. The molecule has 26 heavy (non-hydrogen) atoms. The van der Waals surface area contributed by atoms with Crippen LogP contribution in [0, 0.1) is 5.82 Å². The first kappa shape index (κ1) is 18.1. The number of aliphatic hydroxyl groups is 1. The normalized spacial score (nSPS) is 13.2. The minimum atomic E-state index is -1.20. The Labute approximate surface area is 153 Å². The van der Waals surface area contributed by atoms with Crippen molar-refractivity contribution >= 4 is 0 Å². The van der Waals surface area contributed by atoms with E-state index in [2.05, 4.69) is 0 Å². The molecular formula is C22H23FNO2+. The molecule has 3 rings (SSSR count). The summed E-state index contributed by atoms with van der Waals surface area (Å²) in [5.74, 6) is 0.497. The number of hydrogen-bond donors (Lipinski definition) is 2. The molecular weight excluding hydrogens is 329 g/mol. The van der Waals surface area contributed by atoms with Gasteiger partial charge in [-0.2, -0.15) is 0 Å². The molecule has 3 aromatic rings. The molecule has 0 aromatic heterocycles. The first-order valence-electron chi connectivity index (χ1n) is 8.60. The third-order valence-corrected chi connectivity index (χ3v) is 4.53. The van der Waals surface area contributed by atoms with Crippen molar-refractivity contribution in [2.24, 2.45) is 0 Å². The van der Waals surface area contributed by atoms with Crippen LogP contribution in [0.5, 0.6) is 5.75 Å². The van der Waals surface area contributed by atoms with Gasteiger partial charge in [-0.3, -0.25) is 0 Å². The minimum absolute atomic E-state index is 0.315. The van der Waals surface area contributed by atoms with Gasteiger partial charge in [0.25, 0.3) is 0 Å². The van der Waals surface area contributed by atoms with Crippen LogP contribution in [0.4, 0.5) is 4.39 Å². The SMILES string of the molecule is COc1cccc(C[NH2+]CC(O)(c2ccccc2)c2ccc(F)cc2)c1. The summed E-state index contributed by atoms with van der Waals surface area (Å²) in [6.45, 7) is 1.12. The Balaban J connectivity index is 1.81. The van der Waals surface area contributed by atoms with Gasteiger partial charge >= 0.3 is 0 Å². The predicted molar refractivity (Wildman–Crippen MR) is 99.3 cm³/mol. The smallest absolute Gasteiger partial charge is 0.163 e. The molecule has 0 amide bonds. The molecule has 0 saturated carbocycles. The van der Waals surface area contributed by atoms with Gasteiger partial charge in [-0.05, 0) is 35.4 Å². The van der Waals surface area contributed by atoms with Gasteiger partial charge in [-0.15, -0.1) is 0 Å². The molecule has 0 fully saturated rings. The maximum Gasteiger partial charge on any atom is 0.163 e. The highest BCUT2D eigenvalue weighted by Gasteiger charge is 2.33. The van der Waals surface area contributed by atoms with Crippen molar-refractivity contribution in [3.8, 4) is 5.75 Å². The lowest BCUT2D eigenvalue weighted by Gasteiger charge is -2.27. The zero-order chi connectivity index (χ0) is 18.4. The summed E-state index contributed by atoms with van der Waals surface area (Å²) < 4.78 is 18.6. The molecule has 0 aliphatic rings. The molecule has 0 spiro atoms. The van der Waals surface area contributed by atoms with Crippen molar-refractivity contribution in [3.63, 3.8) is 0 Å². The standard InChI is InChI=1S/C22H22FNO2/c1-26-21-9-5-6-17(14-21)15-24-16-22(25,18-7-3-2-4-8-18)19-10-12-20(23)13-11-19/h2-14,24-25H,15-16H2,1H3/p+1. The number of quaternary nitrogens is 1. The number of hydrogen-bond acceptors (Lipinski definition) is 2. The van der Waals surface area contributed by atoms with Gasteiger partial charge in [0.05, 0.1) is 7.11 Å². The van der Waals surface area contributed by atoms with E-state index in [1.807, 2.05) is 59.9 Å². The quantitative estimate of drug-likeness (QED) is 0.687. The molecule has 3 nitrogen and oxygen atoms in total. The number of nitrogens with two attached hydrogens (primary N) is 1. The van der Waals surface area contributed by atoms with Crippen molar-refractivity contribution in [1.29, 1.82) is 0 Å². The Kier molecular flexibility index (Phi) is 5.66. The maximum atomic E-state index is 13.3. The van der Waals surface area contributed by atoms with E-state index in [1.165, 1.54) is 12.1 Å². The summed E-state index contributed by atoms with van der Waals surface area (Å²) in [7, 11) is 1.64. The topological polar surface area (TPSA) is 46.1 Å². The molecule has 0 radical (unpaired) electrons. The van der Waals surface area contributed by atoms with Crippen molar-refractivity contribution in [2.75, 3.05) is 13.7 Å². The number of rotatable bonds is 7. The van der Waals surface area contributed by atoms with Crippen LogP contribution in [0.2, 0.25) is 0 Å². The zero-order valence-electron chi connectivity index (χ0n) is 14.7. The molecule has 0 bridgehead atoms. The molecule has 0 heterocycles. The summed E-state index contributed by atoms with van der Waals surface area (Å²) >= 11 is 0. The van der Waals surface area contributed by atoms with Crippen molar-refractivity contribution in [1.82, 2.24) is 0 Å². The molecule has 0 aliphatic heterocycles. The fraction of sp³-hybridized carbons (Fsp3) is 0.182. The molecule has 0 saturated heterocycles. The molecule has 134 valence electrons. The number of halogens is 1. The largest absolute Gasteiger partial charge is 0.497 e. The first-order chi connectivity index (χ1) is 12.6. The van der Waals surface area contributed by atoms with Crippen molar-refractivity contribution in [3.05, 3.63) is 101 Å². The Hall–Kier alpha value is -2.69. The second-order valence-corrected chi connectivity index (χ2v) is 6.28. The summed E-state index contributed by atoms with van der Waals surface area (Å²) in [6.07, 6.45) is 0. The van der Waals surface area contributed by atoms with Crippen LogP contribution < -0.4 is 10.1 Å². The number of ether oxygens (including phenoxy) is 1. The first-order valence-corrected chi connectivity index (χ1v) is 8.60. The molecule has 1 unspecified atom stereocenters. The average Bonchev–Trinajstić information content (AvgIpc) is 2.69. The van der Waals surface area contributed by atoms with Crippen LogP contribution in [0.15, 0.2) is 78.9 Å². The molecule has 3 N–H and O–H groups in total. The lowest BCUT2D eigenvalue weighted by atomic mass is 9.86. The average molecular weight is 352 g/mol. The van der Waals surface area contributed by atoms with Crippen LogP contribution in [0.3, 0.4) is 0 Å².